The van der Waals surface area contributed by atoms with E-state index >= 15 is 0 Å². The van der Waals surface area contributed by atoms with E-state index in [-0.39, 0.29) is 0 Å². The van der Waals surface area contributed by atoms with E-state index in [2.05, 4.69) is 10.2 Å². The third-order valence-corrected chi connectivity index (χ3v) is 3.20. The molecule has 0 saturated carbocycles. The van der Waals surface area contributed by atoms with Crippen LogP contribution >= 0.6 is 11.8 Å². The lowest BCUT2D eigenvalue weighted by Gasteiger charge is -2.05. The van der Waals surface area contributed by atoms with Crippen molar-refractivity contribution in [2.24, 2.45) is 0 Å². The van der Waals surface area contributed by atoms with Gasteiger partial charge in [-0.15, -0.1) is 0 Å². The van der Waals surface area contributed by atoms with E-state index in [1.54, 1.807) is 6.20 Å². The molecule has 1 aliphatic heterocycles. The largest absolute Gasteiger partial charge is 0.397 e. The molecule has 1 aliphatic rings. The summed E-state index contributed by atoms with van der Waals surface area (Å²) in [6.07, 6.45) is 2.80. The summed E-state index contributed by atoms with van der Waals surface area (Å²) >= 11 is 1.97. The van der Waals surface area contributed by atoms with Gasteiger partial charge >= 0.3 is 0 Å². The zero-order chi connectivity index (χ0) is 8.39. The number of anilines is 1. The van der Waals surface area contributed by atoms with Crippen molar-refractivity contribution < 1.29 is 0 Å². The second kappa shape index (κ2) is 3.31. The summed E-state index contributed by atoms with van der Waals surface area (Å²) in [6.45, 7) is 0. The molecule has 12 heavy (non-hydrogen) atoms. The first-order valence-corrected chi connectivity index (χ1v) is 5.17. The molecule has 0 amide bonds. The van der Waals surface area contributed by atoms with Gasteiger partial charge in [0.15, 0.2) is 0 Å². The third-order valence-electron chi connectivity index (χ3n) is 2.04. The lowest BCUT2D eigenvalue weighted by molar-refractivity contribution is 0.730. The van der Waals surface area contributed by atoms with Crippen LogP contribution in [0, 0.1) is 0 Å². The fourth-order valence-corrected chi connectivity index (χ4v) is 2.61. The fraction of sp³-hybridized carbons (Fsp3) is 0.500. The van der Waals surface area contributed by atoms with Gasteiger partial charge in [-0.25, -0.2) is 0 Å². The van der Waals surface area contributed by atoms with Crippen molar-refractivity contribution >= 4 is 17.4 Å². The molecule has 0 aromatic carbocycles. The molecule has 3 nitrogen and oxygen atoms in total. The molecule has 1 aromatic heterocycles. The molecule has 0 bridgehead atoms. The maximum absolute atomic E-state index is 5.62. The highest BCUT2D eigenvalue weighted by atomic mass is 32.2. The van der Waals surface area contributed by atoms with Crippen molar-refractivity contribution in [1.82, 2.24) is 10.2 Å². The normalized spacial score (nSPS) is 22.8. The molecule has 0 spiro atoms. The average molecular weight is 181 g/mol. The summed E-state index contributed by atoms with van der Waals surface area (Å²) in [4.78, 5) is 0. The Morgan fingerprint density at radius 3 is 3.17 bits per heavy atom. The van der Waals surface area contributed by atoms with Crippen LogP contribution in [-0.4, -0.2) is 21.7 Å². The Labute approximate surface area is 75.8 Å². The highest BCUT2D eigenvalue weighted by Crippen LogP contribution is 2.31. The predicted molar refractivity (Wildman–Crippen MR) is 51.1 cm³/mol. The maximum Gasteiger partial charge on any atom is 0.0726 e. The number of nitrogens with zero attached hydrogens (tertiary/aromatic N) is 2. The van der Waals surface area contributed by atoms with Gasteiger partial charge in [-0.2, -0.15) is 22.0 Å². The molecule has 2 rings (SSSR count). The molecule has 2 heterocycles. The van der Waals surface area contributed by atoms with Crippen molar-refractivity contribution in [3.05, 3.63) is 18.0 Å². The van der Waals surface area contributed by atoms with Gasteiger partial charge in [-0.3, -0.25) is 0 Å². The van der Waals surface area contributed by atoms with Crippen LogP contribution < -0.4 is 5.73 Å². The number of rotatable bonds is 1. The monoisotopic (exact) mass is 181 g/mol. The zero-order valence-electron chi connectivity index (χ0n) is 6.73. The molecular formula is C8H11N3S. The minimum atomic E-state index is 0.575. The molecule has 1 fully saturated rings. The number of nitrogens with two attached hydrogens (primary N) is 1. The van der Waals surface area contributed by atoms with Crippen LogP contribution in [0.25, 0.3) is 0 Å². The molecule has 4 heteroatoms. The van der Waals surface area contributed by atoms with Crippen LogP contribution in [0.2, 0.25) is 0 Å². The number of hydrogen-bond donors (Lipinski definition) is 1. The SMILES string of the molecule is Nc1cnnc(C2CCSC2)c1. The Balaban J connectivity index is 2.21. The van der Waals surface area contributed by atoms with E-state index in [9.17, 15) is 0 Å². The van der Waals surface area contributed by atoms with Crippen LogP contribution in [-0.2, 0) is 0 Å². The molecule has 1 atom stereocenters. The van der Waals surface area contributed by atoms with E-state index in [0.29, 0.717) is 5.92 Å². The van der Waals surface area contributed by atoms with Gasteiger partial charge in [0, 0.05) is 11.7 Å². The maximum atomic E-state index is 5.62. The first-order chi connectivity index (χ1) is 5.86. The number of aromatic nitrogens is 2. The minimum absolute atomic E-state index is 0.575. The van der Waals surface area contributed by atoms with E-state index in [4.69, 9.17) is 5.73 Å². The summed E-state index contributed by atoms with van der Waals surface area (Å²) < 4.78 is 0. The molecule has 2 N–H and O–H groups in total. The van der Waals surface area contributed by atoms with Gasteiger partial charge in [0.2, 0.25) is 0 Å². The fourth-order valence-electron chi connectivity index (χ4n) is 1.37. The quantitative estimate of drug-likeness (QED) is 0.709. The Morgan fingerprint density at radius 2 is 2.50 bits per heavy atom. The predicted octanol–water partition coefficient (Wildman–Crippen LogP) is 1.28. The molecule has 1 unspecified atom stereocenters. The highest BCUT2D eigenvalue weighted by molar-refractivity contribution is 7.99. The Morgan fingerprint density at radius 1 is 1.58 bits per heavy atom. The second-order valence-electron chi connectivity index (χ2n) is 2.97. The van der Waals surface area contributed by atoms with Crippen LogP contribution in [0.15, 0.2) is 12.3 Å². The summed E-state index contributed by atoms with van der Waals surface area (Å²) in [6, 6.07) is 1.93. The van der Waals surface area contributed by atoms with Crippen LogP contribution in [0.3, 0.4) is 0 Å². The standard InChI is InChI=1S/C8H11N3S/c9-7-3-8(11-10-4-7)6-1-2-12-5-6/h3-4,6H,1-2,5H2,(H2,9,11). The van der Waals surface area contributed by atoms with Crippen molar-refractivity contribution in [2.75, 3.05) is 17.2 Å². The van der Waals surface area contributed by atoms with E-state index in [0.717, 1.165) is 17.1 Å². The van der Waals surface area contributed by atoms with Crippen molar-refractivity contribution in [3.8, 4) is 0 Å². The topological polar surface area (TPSA) is 51.8 Å². The van der Waals surface area contributed by atoms with Gasteiger partial charge in [-0.1, -0.05) is 0 Å². The Bertz CT molecular complexity index is 271. The van der Waals surface area contributed by atoms with Crippen LogP contribution in [0.4, 0.5) is 5.69 Å². The number of thioether (sulfide) groups is 1. The number of hydrogen-bond acceptors (Lipinski definition) is 4. The van der Waals surface area contributed by atoms with Gasteiger partial charge in [0.05, 0.1) is 17.6 Å². The summed E-state index contributed by atoms with van der Waals surface area (Å²) in [7, 11) is 0. The van der Waals surface area contributed by atoms with Gasteiger partial charge in [0.25, 0.3) is 0 Å². The van der Waals surface area contributed by atoms with Gasteiger partial charge in [-0.05, 0) is 18.2 Å². The first kappa shape index (κ1) is 7.86. The zero-order valence-corrected chi connectivity index (χ0v) is 7.55. The molecule has 0 aliphatic carbocycles. The van der Waals surface area contributed by atoms with Gasteiger partial charge in [0.1, 0.15) is 0 Å². The molecular weight excluding hydrogens is 170 g/mol. The number of nitrogen functional groups attached to an aromatic ring is 1. The summed E-state index contributed by atoms with van der Waals surface area (Å²) in [5.41, 5.74) is 7.39. The lowest BCUT2D eigenvalue weighted by Crippen LogP contribution is -2.02. The van der Waals surface area contributed by atoms with Crippen molar-refractivity contribution in [3.63, 3.8) is 0 Å². The molecule has 64 valence electrons. The Kier molecular flexibility index (Phi) is 2.17. The van der Waals surface area contributed by atoms with Crippen LogP contribution in [0.5, 0.6) is 0 Å². The molecule has 1 aromatic rings. The second-order valence-corrected chi connectivity index (χ2v) is 4.12. The van der Waals surface area contributed by atoms with E-state index < -0.39 is 0 Å². The minimum Gasteiger partial charge on any atom is -0.397 e. The van der Waals surface area contributed by atoms with Crippen molar-refractivity contribution in [2.45, 2.75) is 12.3 Å². The van der Waals surface area contributed by atoms with E-state index in [1.165, 1.54) is 12.2 Å². The van der Waals surface area contributed by atoms with Gasteiger partial charge < -0.3 is 5.73 Å². The van der Waals surface area contributed by atoms with Crippen LogP contribution in [0.1, 0.15) is 18.0 Å². The highest BCUT2D eigenvalue weighted by Gasteiger charge is 2.18. The summed E-state index contributed by atoms with van der Waals surface area (Å²) in [5, 5.41) is 7.92. The van der Waals surface area contributed by atoms with E-state index in [1.807, 2.05) is 17.8 Å². The summed E-state index contributed by atoms with van der Waals surface area (Å²) in [5.74, 6) is 2.98. The molecule has 1 saturated heterocycles. The third kappa shape index (κ3) is 1.53. The lowest BCUT2D eigenvalue weighted by atomic mass is 10.1. The smallest absolute Gasteiger partial charge is 0.0726 e. The Hall–Kier alpha value is -0.770. The average Bonchev–Trinajstić information content (AvgIpc) is 2.56. The first-order valence-electron chi connectivity index (χ1n) is 4.02. The molecule has 0 radical (unpaired) electrons. The van der Waals surface area contributed by atoms with Crippen molar-refractivity contribution in [1.29, 1.82) is 0 Å².